The van der Waals surface area contributed by atoms with Crippen molar-refractivity contribution in [3.8, 4) is 0 Å². The van der Waals surface area contributed by atoms with Crippen molar-refractivity contribution in [2.75, 3.05) is 0 Å². The van der Waals surface area contributed by atoms with Gasteiger partial charge in [-0.3, -0.25) is 0 Å². The fraction of sp³-hybridized carbons (Fsp3) is 0.824. The minimum absolute atomic E-state index is 0.261. The Kier molecular flexibility index (Phi) is 3.23. The number of carbonyl (C=O) groups is 1. The lowest BCUT2D eigenvalue weighted by molar-refractivity contribution is -0.131. The van der Waals surface area contributed by atoms with Gasteiger partial charge < -0.3 is 5.11 Å². The maximum Gasteiger partial charge on any atom is 0.328 e. The number of carboxylic acid groups (broad SMARTS) is 1. The van der Waals surface area contributed by atoms with Crippen LogP contribution in [0.5, 0.6) is 0 Å². The van der Waals surface area contributed by atoms with E-state index in [-0.39, 0.29) is 5.41 Å². The molecule has 19 heavy (non-hydrogen) atoms. The van der Waals surface area contributed by atoms with Gasteiger partial charge in [0.15, 0.2) is 0 Å². The van der Waals surface area contributed by atoms with Crippen LogP contribution in [0.3, 0.4) is 0 Å². The molecular formula is C17H26O2. The van der Waals surface area contributed by atoms with E-state index in [9.17, 15) is 9.90 Å². The average molecular weight is 262 g/mol. The summed E-state index contributed by atoms with van der Waals surface area (Å²) in [5.74, 6) is 2.46. The first kappa shape index (κ1) is 13.2. The van der Waals surface area contributed by atoms with E-state index >= 15 is 0 Å². The van der Waals surface area contributed by atoms with Gasteiger partial charge in [0.25, 0.3) is 0 Å². The van der Waals surface area contributed by atoms with Gasteiger partial charge in [0.05, 0.1) is 0 Å². The second-order valence-electron chi connectivity index (χ2n) is 7.80. The van der Waals surface area contributed by atoms with E-state index in [4.69, 9.17) is 0 Å². The smallest absolute Gasteiger partial charge is 0.328 e. The van der Waals surface area contributed by atoms with Crippen LogP contribution in [0.2, 0.25) is 0 Å². The molecule has 0 atom stereocenters. The van der Waals surface area contributed by atoms with Gasteiger partial charge in [0.2, 0.25) is 0 Å². The van der Waals surface area contributed by atoms with E-state index in [1.165, 1.54) is 44.1 Å². The number of aliphatic carboxylic acids is 1. The Morgan fingerprint density at radius 1 is 1.16 bits per heavy atom. The average Bonchev–Trinajstić information content (AvgIpc) is 2.24. The van der Waals surface area contributed by atoms with Crippen molar-refractivity contribution in [1.82, 2.24) is 0 Å². The number of allylic oxidation sites excluding steroid dienone is 1. The third kappa shape index (κ3) is 2.46. The summed E-state index contributed by atoms with van der Waals surface area (Å²) < 4.78 is 0. The van der Waals surface area contributed by atoms with Crippen LogP contribution < -0.4 is 0 Å². The molecule has 4 fully saturated rings. The molecule has 0 radical (unpaired) electrons. The lowest BCUT2D eigenvalue weighted by Crippen LogP contribution is -2.47. The molecule has 4 aliphatic carbocycles. The molecule has 0 aromatic carbocycles. The first-order chi connectivity index (χ1) is 8.97. The number of hydrogen-bond acceptors (Lipinski definition) is 1. The Hall–Kier alpha value is -0.790. The predicted octanol–water partition coefficient (Wildman–Crippen LogP) is 4.26. The summed E-state index contributed by atoms with van der Waals surface area (Å²) >= 11 is 0. The molecule has 106 valence electrons. The third-order valence-corrected chi connectivity index (χ3v) is 5.65. The Labute approximate surface area is 116 Å². The van der Waals surface area contributed by atoms with E-state index < -0.39 is 5.97 Å². The number of hydrogen-bond donors (Lipinski definition) is 1. The molecule has 2 nitrogen and oxygen atoms in total. The Morgan fingerprint density at radius 3 is 2.00 bits per heavy atom. The van der Waals surface area contributed by atoms with Crippen LogP contribution in [-0.4, -0.2) is 11.1 Å². The van der Waals surface area contributed by atoms with Gasteiger partial charge in [-0.1, -0.05) is 19.4 Å². The summed E-state index contributed by atoms with van der Waals surface area (Å²) in [5, 5.41) is 9.22. The molecule has 0 unspecified atom stereocenters. The lowest BCUT2D eigenvalue weighted by atomic mass is 9.47. The monoisotopic (exact) mass is 262 g/mol. The van der Waals surface area contributed by atoms with Crippen LogP contribution in [-0.2, 0) is 4.79 Å². The van der Waals surface area contributed by atoms with Crippen molar-refractivity contribution in [3.05, 3.63) is 11.6 Å². The third-order valence-electron chi connectivity index (χ3n) is 5.65. The molecular weight excluding hydrogens is 236 g/mol. The van der Waals surface area contributed by atoms with Gasteiger partial charge in [0, 0.05) is 6.08 Å². The Bertz CT molecular complexity index is 370. The van der Waals surface area contributed by atoms with E-state index in [0.29, 0.717) is 5.92 Å². The minimum Gasteiger partial charge on any atom is -0.478 e. The van der Waals surface area contributed by atoms with Crippen molar-refractivity contribution >= 4 is 5.97 Å². The molecule has 0 aromatic heterocycles. The van der Waals surface area contributed by atoms with Crippen LogP contribution >= 0.6 is 0 Å². The maximum absolute atomic E-state index is 11.2. The van der Waals surface area contributed by atoms with Crippen LogP contribution in [0.1, 0.15) is 58.8 Å². The zero-order valence-electron chi connectivity index (χ0n) is 12.2. The predicted molar refractivity (Wildman–Crippen MR) is 75.8 cm³/mol. The molecule has 0 heterocycles. The fourth-order valence-electron chi connectivity index (χ4n) is 5.52. The number of rotatable bonds is 4. The molecule has 0 amide bonds. The zero-order chi connectivity index (χ0) is 13.6. The molecule has 0 aliphatic heterocycles. The van der Waals surface area contributed by atoms with Crippen LogP contribution in [0, 0.1) is 29.1 Å². The normalized spacial score (nSPS) is 41.0. The quantitative estimate of drug-likeness (QED) is 0.769. The summed E-state index contributed by atoms with van der Waals surface area (Å²) in [7, 11) is 0. The Balaban J connectivity index is 1.90. The van der Waals surface area contributed by atoms with Gasteiger partial charge in [-0.25, -0.2) is 4.79 Å². The van der Waals surface area contributed by atoms with E-state index in [1.54, 1.807) is 6.08 Å². The lowest BCUT2D eigenvalue weighted by Gasteiger charge is -2.58. The van der Waals surface area contributed by atoms with Crippen molar-refractivity contribution < 1.29 is 9.90 Å². The second-order valence-corrected chi connectivity index (χ2v) is 7.80. The van der Waals surface area contributed by atoms with Crippen molar-refractivity contribution in [1.29, 1.82) is 0 Å². The van der Waals surface area contributed by atoms with Crippen molar-refractivity contribution in [2.45, 2.75) is 58.8 Å². The van der Waals surface area contributed by atoms with Crippen LogP contribution in [0.15, 0.2) is 11.6 Å². The summed E-state index contributed by atoms with van der Waals surface area (Å²) in [4.78, 5) is 11.2. The molecule has 4 rings (SSSR count). The van der Waals surface area contributed by atoms with Gasteiger partial charge in [-0.05, 0) is 74.0 Å². The first-order valence-corrected chi connectivity index (χ1v) is 7.91. The second kappa shape index (κ2) is 4.64. The molecule has 0 spiro atoms. The van der Waals surface area contributed by atoms with E-state index in [2.05, 4.69) is 13.8 Å². The standard InChI is InChI=1S/C17H26O2/c1-11(2)3-15(7-16(18)19)17-8-12-4-13(9-17)6-14(5-12)10-17/h7,11-14H,3-6,8-10H2,1-2H3,(H,18,19)/b15-7+. The Morgan fingerprint density at radius 2 is 1.63 bits per heavy atom. The number of carboxylic acids is 1. The van der Waals surface area contributed by atoms with Crippen LogP contribution in [0.4, 0.5) is 0 Å². The molecule has 2 heteroatoms. The van der Waals surface area contributed by atoms with Crippen LogP contribution in [0.25, 0.3) is 0 Å². The van der Waals surface area contributed by atoms with E-state index in [0.717, 1.165) is 24.2 Å². The SMILES string of the molecule is CC(C)C/C(=C\C(=O)O)C12CC3CC(CC(C3)C1)C2. The summed E-state index contributed by atoms with van der Waals surface area (Å²) in [6.45, 7) is 4.41. The van der Waals surface area contributed by atoms with Crippen molar-refractivity contribution in [2.24, 2.45) is 29.1 Å². The molecule has 4 aliphatic rings. The highest BCUT2D eigenvalue weighted by Crippen LogP contribution is 2.63. The molecule has 1 N–H and O–H groups in total. The maximum atomic E-state index is 11.2. The largest absolute Gasteiger partial charge is 0.478 e. The fourth-order valence-corrected chi connectivity index (χ4v) is 5.52. The van der Waals surface area contributed by atoms with Gasteiger partial charge >= 0.3 is 5.97 Å². The molecule has 4 saturated carbocycles. The van der Waals surface area contributed by atoms with Gasteiger partial charge in [0.1, 0.15) is 0 Å². The topological polar surface area (TPSA) is 37.3 Å². The molecule has 4 bridgehead atoms. The molecule has 0 aromatic rings. The summed E-state index contributed by atoms with van der Waals surface area (Å²) in [6, 6.07) is 0. The summed E-state index contributed by atoms with van der Waals surface area (Å²) in [5.41, 5.74) is 1.52. The zero-order valence-corrected chi connectivity index (χ0v) is 12.2. The summed E-state index contributed by atoms with van der Waals surface area (Å²) in [6.07, 6.45) is 10.6. The minimum atomic E-state index is -0.744. The first-order valence-electron chi connectivity index (χ1n) is 7.91. The molecule has 0 saturated heterocycles. The van der Waals surface area contributed by atoms with Crippen molar-refractivity contribution in [3.63, 3.8) is 0 Å². The van der Waals surface area contributed by atoms with Gasteiger partial charge in [-0.15, -0.1) is 0 Å². The van der Waals surface area contributed by atoms with E-state index in [1.807, 2.05) is 0 Å². The van der Waals surface area contributed by atoms with Gasteiger partial charge in [-0.2, -0.15) is 0 Å². The highest BCUT2D eigenvalue weighted by atomic mass is 16.4. The highest BCUT2D eigenvalue weighted by molar-refractivity contribution is 5.81. The highest BCUT2D eigenvalue weighted by Gasteiger charge is 2.52.